The number of nitrogens with zero attached hydrogens (tertiary/aromatic N) is 2. The summed E-state index contributed by atoms with van der Waals surface area (Å²) in [4.78, 5) is 41.7. The van der Waals surface area contributed by atoms with Crippen molar-refractivity contribution in [2.75, 3.05) is 18.5 Å². The fraction of sp³-hybridized carbons (Fsp3) is 0.300. The predicted octanol–water partition coefficient (Wildman–Crippen LogP) is 1.50. The molecule has 2 aliphatic rings. The standard InChI is InChI=1S/C20H20N4O4/c1-20(2)15-4-3-13(9-16(15)22-19(20)27)18(26)24(14-10-28-11-14)23-17(25)12-5-7-21-8-6-12/h3-9,14H,10-11H2,1-2H3,(H,22,27)(H,23,25). The number of fused-ring (bicyclic) bond motifs is 1. The number of hydrogen-bond acceptors (Lipinski definition) is 5. The highest BCUT2D eigenvalue weighted by Crippen LogP contribution is 2.37. The molecule has 1 saturated heterocycles. The van der Waals surface area contributed by atoms with Crippen LogP contribution in [0.1, 0.15) is 40.1 Å². The molecule has 3 amide bonds. The van der Waals surface area contributed by atoms with Gasteiger partial charge >= 0.3 is 0 Å². The van der Waals surface area contributed by atoms with E-state index in [9.17, 15) is 14.4 Å². The highest BCUT2D eigenvalue weighted by atomic mass is 16.5. The zero-order valence-corrected chi connectivity index (χ0v) is 15.6. The van der Waals surface area contributed by atoms with E-state index in [1.807, 2.05) is 13.8 Å². The average molecular weight is 380 g/mol. The third kappa shape index (κ3) is 3.01. The lowest BCUT2D eigenvalue weighted by Crippen LogP contribution is -2.59. The Morgan fingerprint density at radius 1 is 1.18 bits per heavy atom. The minimum absolute atomic E-state index is 0.109. The Balaban J connectivity index is 1.60. The number of ether oxygens (including phenoxy) is 1. The Hall–Kier alpha value is -3.26. The monoisotopic (exact) mass is 380 g/mol. The number of rotatable bonds is 3. The summed E-state index contributed by atoms with van der Waals surface area (Å²) in [5, 5.41) is 4.12. The minimum Gasteiger partial charge on any atom is -0.377 e. The van der Waals surface area contributed by atoms with Gasteiger partial charge in [0, 0.05) is 29.2 Å². The molecule has 0 radical (unpaired) electrons. The van der Waals surface area contributed by atoms with E-state index in [-0.39, 0.29) is 17.9 Å². The van der Waals surface area contributed by atoms with Crippen LogP contribution in [0.3, 0.4) is 0 Å². The van der Waals surface area contributed by atoms with E-state index in [1.165, 1.54) is 17.4 Å². The molecule has 28 heavy (non-hydrogen) atoms. The zero-order valence-electron chi connectivity index (χ0n) is 15.6. The van der Waals surface area contributed by atoms with Gasteiger partial charge in [-0.05, 0) is 43.7 Å². The van der Waals surface area contributed by atoms with E-state index in [0.29, 0.717) is 30.0 Å². The molecule has 144 valence electrons. The molecule has 0 bridgehead atoms. The first kappa shape index (κ1) is 18.1. The van der Waals surface area contributed by atoms with Crippen molar-refractivity contribution < 1.29 is 19.1 Å². The quantitative estimate of drug-likeness (QED) is 0.786. The van der Waals surface area contributed by atoms with Crippen molar-refractivity contribution in [3.63, 3.8) is 0 Å². The fourth-order valence-corrected chi connectivity index (χ4v) is 3.22. The number of carbonyl (C=O) groups is 3. The summed E-state index contributed by atoms with van der Waals surface area (Å²) in [6.45, 7) is 4.36. The van der Waals surface area contributed by atoms with Crippen LogP contribution in [-0.4, -0.2) is 47.0 Å². The molecule has 1 fully saturated rings. The molecule has 0 unspecified atom stereocenters. The molecular weight excluding hydrogens is 360 g/mol. The van der Waals surface area contributed by atoms with E-state index in [4.69, 9.17) is 4.74 Å². The zero-order chi connectivity index (χ0) is 19.9. The van der Waals surface area contributed by atoms with Gasteiger partial charge in [0.2, 0.25) is 5.91 Å². The highest BCUT2D eigenvalue weighted by molar-refractivity contribution is 6.07. The van der Waals surface area contributed by atoms with Gasteiger partial charge < -0.3 is 10.1 Å². The van der Waals surface area contributed by atoms with Gasteiger partial charge in [-0.2, -0.15) is 0 Å². The van der Waals surface area contributed by atoms with Crippen LogP contribution in [0.25, 0.3) is 0 Å². The molecule has 2 N–H and O–H groups in total. The van der Waals surface area contributed by atoms with E-state index >= 15 is 0 Å². The molecule has 2 aliphatic heterocycles. The average Bonchev–Trinajstić information content (AvgIpc) is 2.88. The Kier molecular flexibility index (Phi) is 4.35. The van der Waals surface area contributed by atoms with E-state index in [2.05, 4.69) is 15.7 Å². The van der Waals surface area contributed by atoms with Gasteiger partial charge in [-0.3, -0.25) is 24.8 Å². The molecule has 8 nitrogen and oxygen atoms in total. The first-order valence-corrected chi connectivity index (χ1v) is 8.96. The second kappa shape index (κ2) is 6.72. The van der Waals surface area contributed by atoms with Crippen molar-refractivity contribution in [3.05, 3.63) is 59.4 Å². The number of aromatic nitrogens is 1. The second-order valence-corrected chi connectivity index (χ2v) is 7.38. The Morgan fingerprint density at radius 2 is 1.89 bits per heavy atom. The Bertz CT molecular complexity index is 954. The smallest absolute Gasteiger partial charge is 0.272 e. The predicted molar refractivity (Wildman–Crippen MR) is 101 cm³/mol. The van der Waals surface area contributed by atoms with Crippen LogP contribution in [0.4, 0.5) is 5.69 Å². The van der Waals surface area contributed by atoms with E-state index in [1.54, 1.807) is 30.3 Å². The molecule has 8 heteroatoms. The maximum atomic E-state index is 13.1. The number of pyridine rings is 1. The lowest BCUT2D eigenvalue weighted by Gasteiger charge is -2.37. The number of carbonyl (C=O) groups excluding carboxylic acids is 3. The Labute approximate surface area is 161 Å². The van der Waals surface area contributed by atoms with Crippen LogP contribution in [0, 0.1) is 0 Å². The van der Waals surface area contributed by atoms with Crippen molar-refractivity contribution in [2.45, 2.75) is 25.3 Å². The summed E-state index contributed by atoms with van der Waals surface area (Å²) in [6.07, 6.45) is 3.02. The summed E-state index contributed by atoms with van der Waals surface area (Å²) in [7, 11) is 0. The number of hydrazine groups is 1. The van der Waals surface area contributed by atoms with Gasteiger partial charge in [0.05, 0.1) is 18.6 Å². The first-order valence-electron chi connectivity index (χ1n) is 8.96. The summed E-state index contributed by atoms with van der Waals surface area (Å²) >= 11 is 0. The summed E-state index contributed by atoms with van der Waals surface area (Å²) in [5.41, 5.74) is 4.26. The van der Waals surface area contributed by atoms with Crippen LogP contribution in [0.2, 0.25) is 0 Å². The van der Waals surface area contributed by atoms with Crippen molar-refractivity contribution >= 4 is 23.4 Å². The number of nitrogens with one attached hydrogen (secondary N) is 2. The van der Waals surface area contributed by atoms with E-state index in [0.717, 1.165) is 5.56 Å². The van der Waals surface area contributed by atoms with Crippen LogP contribution in [-0.2, 0) is 14.9 Å². The third-order valence-corrected chi connectivity index (χ3v) is 5.12. The molecular formula is C20H20N4O4. The SMILES string of the molecule is CC1(C)C(=O)Nc2cc(C(=O)N(NC(=O)c3ccncc3)C3COC3)ccc21. The van der Waals surface area contributed by atoms with Crippen LogP contribution in [0.15, 0.2) is 42.7 Å². The van der Waals surface area contributed by atoms with Gasteiger partial charge in [0.15, 0.2) is 0 Å². The van der Waals surface area contributed by atoms with Gasteiger partial charge in [-0.25, -0.2) is 5.01 Å². The highest BCUT2D eigenvalue weighted by Gasteiger charge is 2.39. The maximum Gasteiger partial charge on any atom is 0.272 e. The topological polar surface area (TPSA) is 101 Å². The fourth-order valence-electron chi connectivity index (χ4n) is 3.22. The van der Waals surface area contributed by atoms with Crippen LogP contribution >= 0.6 is 0 Å². The lowest BCUT2D eigenvalue weighted by atomic mass is 9.86. The Morgan fingerprint density at radius 3 is 2.54 bits per heavy atom. The molecule has 3 heterocycles. The van der Waals surface area contributed by atoms with Crippen molar-refractivity contribution in [2.24, 2.45) is 0 Å². The summed E-state index contributed by atoms with van der Waals surface area (Å²) in [6, 6.07) is 7.99. The number of hydrogen-bond donors (Lipinski definition) is 2. The molecule has 4 rings (SSSR count). The molecule has 1 aromatic heterocycles. The number of amides is 3. The molecule has 0 aliphatic carbocycles. The first-order chi connectivity index (χ1) is 13.4. The normalized spacial score (nSPS) is 17.3. The van der Waals surface area contributed by atoms with Crippen LogP contribution in [0.5, 0.6) is 0 Å². The lowest BCUT2D eigenvalue weighted by molar-refractivity contribution is -0.119. The van der Waals surface area contributed by atoms with Gasteiger partial charge in [0.25, 0.3) is 11.8 Å². The molecule has 0 spiro atoms. The third-order valence-electron chi connectivity index (χ3n) is 5.12. The number of benzene rings is 1. The summed E-state index contributed by atoms with van der Waals surface area (Å²) in [5.74, 6) is -0.877. The minimum atomic E-state index is -0.645. The molecule has 0 saturated carbocycles. The summed E-state index contributed by atoms with van der Waals surface area (Å²) < 4.78 is 5.19. The van der Waals surface area contributed by atoms with Crippen molar-refractivity contribution in [3.8, 4) is 0 Å². The van der Waals surface area contributed by atoms with E-state index < -0.39 is 11.3 Å². The number of anilines is 1. The largest absolute Gasteiger partial charge is 0.377 e. The van der Waals surface area contributed by atoms with Crippen molar-refractivity contribution in [1.82, 2.24) is 15.4 Å². The van der Waals surface area contributed by atoms with Gasteiger partial charge in [-0.1, -0.05) is 6.07 Å². The molecule has 0 atom stereocenters. The molecule has 1 aromatic carbocycles. The van der Waals surface area contributed by atoms with Gasteiger partial charge in [0.1, 0.15) is 6.04 Å². The van der Waals surface area contributed by atoms with Crippen molar-refractivity contribution in [1.29, 1.82) is 0 Å². The second-order valence-electron chi connectivity index (χ2n) is 7.38. The molecule has 2 aromatic rings. The maximum absolute atomic E-state index is 13.1. The van der Waals surface area contributed by atoms with Crippen LogP contribution < -0.4 is 10.7 Å². The van der Waals surface area contributed by atoms with Gasteiger partial charge in [-0.15, -0.1) is 0 Å².